The first-order valence-corrected chi connectivity index (χ1v) is 8.80. The van der Waals surface area contributed by atoms with Crippen LogP contribution in [0.15, 0.2) is 54.6 Å². The lowest BCUT2D eigenvalue weighted by molar-refractivity contribution is 0.0923. The molecule has 0 saturated carbocycles. The summed E-state index contributed by atoms with van der Waals surface area (Å²) < 4.78 is 0. The zero-order valence-corrected chi connectivity index (χ0v) is 14.1. The van der Waals surface area contributed by atoms with Crippen LogP contribution in [-0.4, -0.2) is 29.2 Å². The largest absolute Gasteiger partial charge is 0.396 e. The molecule has 2 nitrogen and oxygen atoms in total. The van der Waals surface area contributed by atoms with Crippen molar-refractivity contribution in [3.8, 4) is 0 Å². The maximum atomic E-state index is 10.0. The summed E-state index contributed by atoms with van der Waals surface area (Å²) in [4.78, 5) is 2.52. The van der Waals surface area contributed by atoms with Gasteiger partial charge in [0.1, 0.15) is 0 Å². The molecule has 2 aromatic carbocycles. The first kappa shape index (κ1) is 16.5. The highest BCUT2D eigenvalue weighted by Gasteiger charge is 2.30. The highest BCUT2D eigenvalue weighted by molar-refractivity contribution is 6.30. The molecule has 0 unspecified atom stereocenters. The summed E-state index contributed by atoms with van der Waals surface area (Å²) in [5.41, 5.74) is 2.48. The Labute approximate surface area is 143 Å². The second kappa shape index (κ2) is 7.96. The van der Waals surface area contributed by atoms with Gasteiger partial charge in [-0.1, -0.05) is 60.5 Å². The molecular weight excluding hydrogens is 306 g/mol. The molecule has 1 fully saturated rings. The quantitative estimate of drug-likeness (QED) is 0.874. The first-order valence-electron chi connectivity index (χ1n) is 8.42. The van der Waals surface area contributed by atoms with Crippen LogP contribution >= 0.6 is 11.6 Å². The van der Waals surface area contributed by atoms with Crippen molar-refractivity contribution in [3.05, 3.63) is 70.7 Å². The number of benzene rings is 2. The van der Waals surface area contributed by atoms with E-state index in [2.05, 4.69) is 35.2 Å². The number of aliphatic hydroxyl groups is 1. The van der Waals surface area contributed by atoms with Gasteiger partial charge in [0, 0.05) is 23.5 Å². The molecule has 0 radical (unpaired) electrons. The van der Waals surface area contributed by atoms with Crippen LogP contribution in [0.1, 0.15) is 36.3 Å². The van der Waals surface area contributed by atoms with Gasteiger partial charge in [0.2, 0.25) is 0 Å². The van der Waals surface area contributed by atoms with Crippen LogP contribution < -0.4 is 0 Å². The van der Waals surface area contributed by atoms with Crippen LogP contribution in [0.5, 0.6) is 0 Å². The lowest BCUT2D eigenvalue weighted by atomic mass is 9.85. The van der Waals surface area contributed by atoms with Gasteiger partial charge >= 0.3 is 0 Å². The van der Waals surface area contributed by atoms with Crippen molar-refractivity contribution in [2.24, 2.45) is 0 Å². The Morgan fingerprint density at radius 2 is 1.91 bits per heavy atom. The Hall–Kier alpha value is -1.35. The number of aliphatic hydroxyl groups excluding tert-OH is 1. The predicted molar refractivity (Wildman–Crippen MR) is 95.8 cm³/mol. The van der Waals surface area contributed by atoms with Gasteiger partial charge < -0.3 is 5.11 Å². The number of piperidine rings is 1. The first-order chi connectivity index (χ1) is 11.3. The Morgan fingerprint density at radius 3 is 2.65 bits per heavy atom. The number of hydrogen-bond donors (Lipinski definition) is 1. The zero-order chi connectivity index (χ0) is 16.1. The Kier molecular flexibility index (Phi) is 5.71. The summed E-state index contributed by atoms with van der Waals surface area (Å²) in [7, 11) is 0. The van der Waals surface area contributed by atoms with Crippen molar-refractivity contribution >= 4 is 11.6 Å². The van der Waals surface area contributed by atoms with E-state index >= 15 is 0 Å². The van der Waals surface area contributed by atoms with E-state index in [1.54, 1.807) is 0 Å². The standard InChI is InChI=1S/C20H24ClNO/c21-18-10-6-7-16(13-18)14-22-12-5-4-11-20(22)19(15-23)17-8-2-1-3-9-17/h1-3,6-10,13,19-20,23H,4-5,11-12,14-15H2/t19-,20-/m1/s1. The molecule has 2 atom stereocenters. The number of likely N-dealkylation sites (tertiary alicyclic amines) is 1. The third-order valence-electron chi connectivity index (χ3n) is 4.83. The Balaban J connectivity index is 1.80. The Morgan fingerprint density at radius 1 is 1.09 bits per heavy atom. The fraction of sp³-hybridized carbons (Fsp3) is 0.400. The molecule has 0 amide bonds. The molecule has 0 spiro atoms. The molecule has 122 valence electrons. The molecule has 3 rings (SSSR count). The molecule has 0 aromatic heterocycles. The molecule has 2 aromatic rings. The molecule has 0 bridgehead atoms. The fourth-order valence-corrected chi connectivity index (χ4v) is 3.90. The fourth-order valence-electron chi connectivity index (χ4n) is 3.69. The lowest BCUT2D eigenvalue weighted by Gasteiger charge is -2.40. The van der Waals surface area contributed by atoms with Gasteiger partial charge in [0.15, 0.2) is 0 Å². The van der Waals surface area contributed by atoms with Crippen LogP contribution in [-0.2, 0) is 6.54 Å². The minimum absolute atomic E-state index is 0.177. The van der Waals surface area contributed by atoms with E-state index in [-0.39, 0.29) is 12.5 Å². The molecule has 23 heavy (non-hydrogen) atoms. The van der Waals surface area contributed by atoms with Crippen molar-refractivity contribution < 1.29 is 5.11 Å². The topological polar surface area (TPSA) is 23.5 Å². The second-order valence-corrected chi connectivity index (χ2v) is 6.80. The van der Waals surface area contributed by atoms with Crippen molar-refractivity contribution in [2.45, 2.75) is 37.8 Å². The average molecular weight is 330 g/mol. The van der Waals surface area contributed by atoms with Crippen molar-refractivity contribution in [1.29, 1.82) is 0 Å². The SMILES string of the molecule is OC[C@H](c1ccccc1)[C@H]1CCCCN1Cc1cccc(Cl)c1. The van der Waals surface area contributed by atoms with Crippen LogP contribution in [0.2, 0.25) is 5.02 Å². The van der Waals surface area contributed by atoms with Gasteiger partial charge in [-0.15, -0.1) is 0 Å². The van der Waals surface area contributed by atoms with Crippen molar-refractivity contribution in [1.82, 2.24) is 4.90 Å². The second-order valence-electron chi connectivity index (χ2n) is 6.36. The van der Waals surface area contributed by atoms with Crippen LogP contribution in [0.25, 0.3) is 0 Å². The van der Waals surface area contributed by atoms with E-state index in [1.165, 1.54) is 24.0 Å². The maximum absolute atomic E-state index is 10.0. The smallest absolute Gasteiger partial charge is 0.0514 e. The summed E-state index contributed by atoms with van der Waals surface area (Å²) >= 11 is 6.13. The number of nitrogens with zero attached hydrogens (tertiary/aromatic N) is 1. The lowest BCUT2D eigenvalue weighted by Crippen LogP contribution is -2.43. The molecule has 1 saturated heterocycles. The molecular formula is C20H24ClNO. The van der Waals surface area contributed by atoms with Gasteiger partial charge in [-0.05, 0) is 42.6 Å². The number of halogens is 1. The average Bonchev–Trinajstić information content (AvgIpc) is 2.58. The van der Waals surface area contributed by atoms with E-state index in [1.807, 2.05) is 24.3 Å². The molecule has 3 heteroatoms. The number of hydrogen-bond acceptors (Lipinski definition) is 2. The molecule has 1 heterocycles. The van der Waals surface area contributed by atoms with E-state index in [9.17, 15) is 5.11 Å². The summed E-state index contributed by atoms with van der Waals surface area (Å²) in [5, 5.41) is 10.8. The third-order valence-corrected chi connectivity index (χ3v) is 5.06. The molecule has 1 N–H and O–H groups in total. The summed E-state index contributed by atoms with van der Waals surface area (Å²) in [6.07, 6.45) is 3.60. The summed E-state index contributed by atoms with van der Waals surface area (Å²) in [6, 6.07) is 18.9. The van der Waals surface area contributed by atoms with Gasteiger partial charge in [0.25, 0.3) is 0 Å². The Bertz CT molecular complexity index is 616. The van der Waals surface area contributed by atoms with Crippen LogP contribution in [0.4, 0.5) is 0 Å². The van der Waals surface area contributed by atoms with Gasteiger partial charge in [-0.25, -0.2) is 0 Å². The normalized spacial score (nSPS) is 20.3. The van der Waals surface area contributed by atoms with Crippen LogP contribution in [0.3, 0.4) is 0 Å². The number of rotatable bonds is 5. The van der Waals surface area contributed by atoms with Gasteiger partial charge in [0.05, 0.1) is 6.61 Å². The molecule has 1 aliphatic rings. The predicted octanol–water partition coefficient (Wildman–Crippen LogP) is 4.47. The molecule has 1 aliphatic heterocycles. The highest BCUT2D eigenvalue weighted by atomic mass is 35.5. The van der Waals surface area contributed by atoms with E-state index in [0.717, 1.165) is 24.5 Å². The van der Waals surface area contributed by atoms with E-state index in [4.69, 9.17) is 11.6 Å². The summed E-state index contributed by atoms with van der Waals surface area (Å²) in [6.45, 7) is 2.18. The van der Waals surface area contributed by atoms with Gasteiger partial charge in [-0.3, -0.25) is 4.90 Å². The minimum atomic E-state index is 0.177. The van der Waals surface area contributed by atoms with E-state index in [0.29, 0.717) is 6.04 Å². The minimum Gasteiger partial charge on any atom is -0.396 e. The van der Waals surface area contributed by atoms with Crippen molar-refractivity contribution in [2.75, 3.05) is 13.2 Å². The third kappa shape index (κ3) is 4.14. The maximum Gasteiger partial charge on any atom is 0.0514 e. The summed E-state index contributed by atoms with van der Waals surface area (Å²) in [5.74, 6) is 0.177. The zero-order valence-electron chi connectivity index (χ0n) is 13.4. The molecule has 0 aliphatic carbocycles. The monoisotopic (exact) mass is 329 g/mol. The highest BCUT2D eigenvalue weighted by Crippen LogP contribution is 2.31. The van der Waals surface area contributed by atoms with E-state index < -0.39 is 0 Å². The van der Waals surface area contributed by atoms with Crippen molar-refractivity contribution in [3.63, 3.8) is 0 Å². The van der Waals surface area contributed by atoms with Gasteiger partial charge in [-0.2, -0.15) is 0 Å². The van der Waals surface area contributed by atoms with Crippen LogP contribution in [0, 0.1) is 0 Å².